The molecule has 0 aliphatic heterocycles. The first kappa shape index (κ1) is 22.6. The lowest BCUT2D eigenvalue weighted by Gasteiger charge is -2.35. The Morgan fingerprint density at radius 2 is 1.72 bits per heavy atom. The van der Waals surface area contributed by atoms with Crippen LogP contribution in [-0.2, 0) is 13.1 Å². The summed E-state index contributed by atoms with van der Waals surface area (Å²) in [5.41, 5.74) is 3.98. The van der Waals surface area contributed by atoms with Gasteiger partial charge in [-0.1, -0.05) is 61.7 Å². The van der Waals surface area contributed by atoms with Crippen LogP contribution in [0.2, 0.25) is 0 Å². The molecule has 1 fully saturated rings. The molecule has 4 nitrogen and oxygen atoms in total. The van der Waals surface area contributed by atoms with E-state index < -0.39 is 6.10 Å². The van der Waals surface area contributed by atoms with E-state index in [0.29, 0.717) is 19.2 Å². The molecule has 1 unspecified atom stereocenters. The van der Waals surface area contributed by atoms with E-state index in [1.165, 1.54) is 48.9 Å². The standard InChI is InChI=1S/C28H36N2O2/c1-23-11-8-9-12-24(23)19-29-18-10-15-26(29)20-30(25-13-4-2-5-14-25)21-27(31)22-32-28-16-6-3-7-17-28/h3,6-12,15-18,25,27,31H,2,4-5,13-14,19-22H2,1H3. The molecule has 1 saturated carbocycles. The van der Waals surface area contributed by atoms with Crippen molar-refractivity contribution in [1.82, 2.24) is 9.47 Å². The topological polar surface area (TPSA) is 37.6 Å². The van der Waals surface area contributed by atoms with E-state index >= 15 is 0 Å². The van der Waals surface area contributed by atoms with Crippen molar-refractivity contribution in [3.8, 4) is 5.75 Å². The van der Waals surface area contributed by atoms with Gasteiger partial charge in [0.1, 0.15) is 18.5 Å². The molecule has 2 aromatic carbocycles. The van der Waals surface area contributed by atoms with Gasteiger partial charge in [-0.15, -0.1) is 0 Å². The predicted molar refractivity (Wildman–Crippen MR) is 130 cm³/mol. The Morgan fingerprint density at radius 1 is 0.969 bits per heavy atom. The van der Waals surface area contributed by atoms with Gasteiger partial charge in [-0.3, -0.25) is 4.90 Å². The second kappa shape index (κ2) is 11.3. The smallest absolute Gasteiger partial charge is 0.119 e. The molecule has 32 heavy (non-hydrogen) atoms. The minimum atomic E-state index is -0.517. The third kappa shape index (κ3) is 6.24. The molecule has 1 atom stereocenters. The molecule has 1 heterocycles. The number of aliphatic hydroxyl groups is 1. The molecular weight excluding hydrogens is 396 g/mol. The molecule has 0 spiro atoms. The third-order valence-corrected chi connectivity index (χ3v) is 6.61. The van der Waals surface area contributed by atoms with Crippen LogP contribution in [0.15, 0.2) is 72.9 Å². The van der Waals surface area contributed by atoms with Gasteiger partial charge in [0.05, 0.1) is 0 Å². The molecule has 1 aromatic heterocycles. The minimum Gasteiger partial charge on any atom is -0.491 e. The molecule has 4 rings (SSSR count). The summed E-state index contributed by atoms with van der Waals surface area (Å²) >= 11 is 0. The van der Waals surface area contributed by atoms with Gasteiger partial charge in [0, 0.05) is 37.6 Å². The summed E-state index contributed by atoms with van der Waals surface area (Å²) in [6.45, 7) is 4.86. The van der Waals surface area contributed by atoms with Crippen molar-refractivity contribution in [2.24, 2.45) is 0 Å². The maximum atomic E-state index is 10.8. The maximum absolute atomic E-state index is 10.8. The highest BCUT2D eigenvalue weighted by atomic mass is 16.5. The average molecular weight is 433 g/mol. The maximum Gasteiger partial charge on any atom is 0.119 e. The zero-order valence-corrected chi connectivity index (χ0v) is 19.2. The minimum absolute atomic E-state index is 0.317. The van der Waals surface area contributed by atoms with Gasteiger partial charge in [0.25, 0.3) is 0 Å². The van der Waals surface area contributed by atoms with Gasteiger partial charge >= 0.3 is 0 Å². The normalized spacial score (nSPS) is 15.7. The summed E-state index contributed by atoms with van der Waals surface area (Å²) in [4.78, 5) is 2.49. The number of ether oxygens (including phenoxy) is 1. The summed E-state index contributed by atoms with van der Waals surface area (Å²) in [7, 11) is 0. The van der Waals surface area contributed by atoms with E-state index in [0.717, 1.165) is 18.8 Å². The molecule has 0 radical (unpaired) electrons. The number of hydrogen-bond donors (Lipinski definition) is 1. The summed E-state index contributed by atoms with van der Waals surface area (Å²) < 4.78 is 8.18. The number of aliphatic hydroxyl groups excluding tert-OH is 1. The number of hydrogen-bond acceptors (Lipinski definition) is 3. The third-order valence-electron chi connectivity index (χ3n) is 6.61. The molecule has 0 bridgehead atoms. The Labute approximate surface area is 192 Å². The number of aromatic nitrogens is 1. The number of aryl methyl sites for hydroxylation is 1. The zero-order chi connectivity index (χ0) is 22.2. The van der Waals surface area contributed by atoms with E-state index in [4.69, 9.17) is 4.74 Å². The van der Waals surface area contributed by atoms with Crippen molar-refractivity contribution in [1.29, 1.82) is 0 Å². The van der Waals surface area contributed by atoms with Gasteiger partial charge < -0.3 is 14.4 Å². The molecule has 170 valence electrons. The second-order valence-electron chi connectivity index (χ2n) is 9.05. The van der Waals surface area contributed by atoms with Gasteiger partial charge in [0.15, 0.2) is 0 Å². The van der Waals surface area contributed by atoms with Crippen molar-refractivity contribution in [3.63, 3.8) is 0 Å². The number of nitrogens with zero attached hydrogens (tertiary/aromatic N) is 2. The lowest BCUT2D eigenvalue weighted by Crippen LogP contribution is -2.43. The van der Waals surface area contributed by atoms with Crippen LogP contribution in [0.3, 0.4) is 0 Å². The van der Waals surface area contributed by atoms with Crippen molar-refractivity contribution < 1.29 is 9.84 Å². The Bertz CT molecular complexity index is 947. The number of para-hydroxylation sites is 1. The fourth-order valence-corrected chi connectivity index (χ4v) is 4.75. The Kier molecular flexibility index (Phi) is 8.02. The fraction of sp³-hybridized carbons (Fsp3) is 0.429. The summed E-state index contributed by atoms with van der Waals surface area (Å²) in [5, 5.41) is 10.8. The molecule has 1 aliphatic rings. The fourth-order valence-electron chi connectivity index (χ4n) is 4.75. The van der Waals surface area contributed by atoms with Crippen LogP contribution >= 0.6 is 0 Å². The van der Waals surface area contributed by atoms with Crippen molar-refractivity contribution in [2.45, 2.75) is 64.3 Å². The van der Waals surface area contributed by atoms with Crippen LogP contribution in [0.1, 0.15) is 48.9 Å². The zero-order valence-electron chi connectivity index (χ0n) is 19.2. The molecule has 1 aliphatic carbocycles. The van der Waals surface area contributed by atoms with Gasteiger partial charge in [-0.2, -0.15) is 0 Å². The van der Waals surface area contributed by atoms with E-state index in [9.17, 15) is 5.11 Å². The van der Waals surface area contributed by atoms with Crippen molar-refractivity contribution in [3.05, 3.63) is 89.7 Å². The van der Waals surface area contributed by atoms with E-state index in [1.807, 2.05) is 30.3 Å². The van der Waals surface area contributed by atoms with E-state index in [2.05, 4.69) is 59.0 Å². The SMILES string of the molecule is Cc1ccccc1Cn1cccc1CN(CC(O)COc1ccccc1)C1CCCCC1. The highest BCUT2D eigenvalue weighted by Gasteiger charge is 2.24. The first-order chi connectivity index (χ1) is 15.7. The first-order valence-electron chi connectivity index (χ1n) is 12.0. The highest BCUT2D eigenvalue weighted by molar-refractivity contribution is 5.26. The van der Waals surface area contributed by atoms with E-state index in [1.54, 1.807) is 0 Å². The highest BCUT2D eigenvalue weighted by Crippen LogP contribution is 2.25. The second-order valence-corrected chi connectivity index (χ2v) is 9.05. The molecule has 1 N–H and O–H groups in total. The molecule has 3 aromatic rings. The Balaban J connectivity index is 1.43. The van der Waals surface area contributed by atoms with Crippen LogP contribution in [0.25, 0.3) is 0 Å². The summed E-state index contributed by atoms with van der Waals surface area (Å²) in [6, 6.07) is 23.2. The summed E-state index contributed by atoms with van der Waals surface area (Å²) in [5.74, 6) is 0.808. The van der Waals surface area contributed by atoms with Gasteiger partial charge in [-0.05, 0) is 55.2 Å². The summed E-state index contributed by atoms with van der Waals surface area (Å²) in [6.07, 6.45) is 7.97. The predicted octanol–water partition coefficient (Wildman–Crippen LogP) is 5.42. The Morgan fingerprint density at radius 3 is 2.50 bits per heavy atom. The van der Waals surface area contributed by atoms with Crippen molar-refractivity contribution >= 4 is 0 Å². The molecule has 0 saturated heterocycles. The van der Waals surface area contributed by atoms with Gasteiger partial charge in [-0.25, -0.2) is 0 Å². The first-order valence-corrected chi connectivity index (χ1v) is 12.0. The van der Waals surface area contributed by atoms with Crippen LogP contribution in [0, 0.1) is 6.92 Å². The molecule has 4 heteroatoms. The molecule has 0 amide bonds. The van der Waals surface area contributed by atoms with Crippen LogP contribution in [-0.4, -0.2) is 39.9 Å². The molecular formula is C28H36N2O2. The quantitative estimate of drug-likeness (QED) is 0.465. The van der Waals surface area contributed by atoms with Gasteiger partial charge in [0.2, 0.25) is 0 Å². The van der Waals surface area contributed by atoms with Crippen LogP contribution in [0.5, 0.6) is 5.75 Å². The lowest BCUT2D eigenvalue weighted by molar-refractivity contribution is 0.0388. The van der Waals surface area contributed by atoms with E-state index in [-0.39, 0.29) is 0 Å². The lowest BCUT2D eigenvalue weighted by atomic mass is 9.94. The van der Waals surface area contributed by atoms with Crippen LogP contribution < -0.4 is 4.74 Å². The number of benzene rings is 2. The Hall–Kier alpha value is -2.56. The average Bonchev–Trinajstić information content (AvgIpc) is 3.26. The largest absolute Gasteiger partial charge is 0.491 e. The van der Waals surface area contributed by atoms with Crippen molar-refractivity contribution in [2.75, 3.05) is 13.2 Å². The number of rotatable bonds is 10. The monoisotopic (exact) mass is 432 g/mol. The van der Waals surface area contributed by atoms with Crippen LogP contribution in [0.4, 0.5) is 0 Å².